The van der Waals surface area contributed by atoms with E-state index in [0.29, 0.717) is 23.1 Å². The normalized spacial score (nSPS) is 19.5. The molecule has 0 aliphatic carbocycles. The molecule has 0 aromatic heterocycles. The van der Waals surface area contributed by atoms with Crippen molar-refractivity contribution in [1.82, 2.24) is 4.90 Å². The van der Waals surface area contributed by atoms with Crippen LogP contribution in [0.15, 0.2) is 12.1 Å². The predicted octanol–water partition coefficient (Wildman–Crippen LogP) is 3.36. The lowest BCUT2D eigenvalue weighted by atomic mass is 9.97. The Morgan fingerprint density at radius 3 is 2.76 bits per heavy atom. The minimum Gasteiger partial charge on any atom is -0.481 e. The highest BCUT2D eigenvalue weighted by Crippen LogP contribution is 2.32. The van der Waals surface area contributed by atoms with Gasteiger partial charge in [-0.05, 0) is 31.5 Å². The molecule has 0 radical (unpaired) electrons. The number of carboxylic acid groups (broad SMARTS) is 1. The van der Waals surface area contributed by atoms with Crippen molar-refractivity contribution in [2.45, 2.75) is 19.4 Å². The first-order chi connectivity index (χ1) is 9.88. The Balaban J connectivity index is 2.21. The number of likely N-dealkylation sites (tertiary alicyclic amines) is 1. The van der Waals surface area contributed by atoms with Gasteiger partial charge in [0, 0.05) is 48.5 Å². The maximum absolute atomic E-state index is 11.2. The minimum atomic E-state index is -0.713. The van der Waals surface area contributed by atoms with E-state index in [2.05, 4.69) is 4.90 Å². The molecule has 1 saturated heterocycles. The van der Waals surface area contributed by atoms with Gasteiger partial charge in [0.2, 0.25) is 0 Å². The van der Waals surface area contributed by atoms with Gasteiger partial charge in [0.15, 0.2) is 0 Å². The van der Waals surface area contributed by atoms with Gasteiger partial charge in [-0.1, -0.05) is 23.2 Å². The SMILES string of the molecule is CN(C)c1cc(Cl)cc(Cl)c1CN1CCCC(C(=O)O)C1. The van der Waals surface area contributed by atoms with Crippen molar-refractivity contribution in [1.29, 1.82) is 0 Å². The number of carbonyl (C=O) groups is 1. The molecule has 1 aromatic carbocycles. The second kappa shape index (κ2) is 6.86. The number of carboxylic acids is 1. The lowest BCUT2D eigenvalue weighted by Crippen LogP contribution is -2.38. The number of aliphatic carboxylic acids is 1. The van der Waals surface area contributed by atoms with Gasteiger partial charge in [0.1, 0.15) is 0 Å². The molecule has 6 heteroatoms. The third kappa shape index (κ3) is 4.02. The van der Waals surface area contributed by atoms with Gasteiger partial charge < -0.3 is 10.0 Å². The topological polar surface area (TPSA) is 43.8 Å². The molecule has 1 fully saturated rings. The fraction of sp³-hybridized carbons (Fsp3) is 0.533. The van der Waals surface area contributed by atoms with Crippen LogP contribution in [-0.2, 0) is 11.3 Å². The standard InChI is InChI=1S/C15H20Cl2N2O2/c1-18(2)14-7-11(16)6-13(17)12(14)9-19-5-3-4-10(8-19)15(20)21/h6-7,10H,3-5,8-9H2,1-2H3,(H,20,21). The van der Waals surface area contributed by atoms with Crippen molar-refractivity contribution in [2.24, 2.45) is 5.92 Å². The van der Waals surface area contributed by atoms with Crippen LogP contribution in [-0.4, -0.2) is 43.2 Å². The van der Waals surface area contributed by atoms with E-state index in [1.165, 1.54) is 0 Å². The first kappa shape index (κ1) is 16.4. The maximum atomic E-state index is 11.2. The van der Waals surface area contributed by atoms with Crippen molar-refractivity contribution >= 4 is 34.9 Å². The van der Waals surface area contributed by atoms with E-state index in [9.17, 15) is 9.90 Å². The van der Waals surface area contributed by atoms with Crippen LogP contribution >= 0.6 is 23.2 Å². The fourth-order valence-corrected chi connectivity index (χ4v) is 3.31. The summed E-state index contributed by atoms with van der Waals surface area (Å²) < 4.78 is 0. The highest BCUT2D eigenvalue weighted by molar-refractivity contribution is 6.35. The van der Waals surface area contributed by atoms with E-state index < -0.39 is 5.97 Å². The van der Waals surface area contributed by atoms with Crippen molar-refractivity contribution in [2.75, 3.05) is 32.1 Å². The van der Waals surface area contributed by atoms with E-state index in [1.807, 2.05) is 25.1 Å². The van der Waals surface area contributed by atoms with Crippen LogP contribution in [0.25, 0.3) is 0 Å². The molecular formula is C15H20Cl2N2O2. The zero-order valence-corrected chi connectivity index (χ0v) is 13.8. The first-order valence-corrected chi connectivity index (χ1v) is 7.74. The Morgan fingerprint density at radius 1 is 1.43 bits per heavy atom. The Kier molecular flexibility index (Phi) is 5.36. The summed E-state index contributed by atoms with van der Waals surface area (Å²) in [4.78, 5) is 15.3. The summed E-state index contributed by atoms with van der Waals surface area (Å²) in [6, 6.07) is 3.63. The molecule has 0 saturated carbocycles. The van der Waals surface area contributed by atoms with E-state index in [0.717, 1.165) is 30.6 Å². The molecule has 0 spiro atoms. The molecule has 1 aliphatic rings. The first-order valence-electron chi connectivity index (χ1n) is 6.99. The summed E-state index contributed by atoms with van der Waals surface area (Å²) in [6.07, 6.45) is 1.65. The Labute approximate surface area is 135 Å². The number of anilines is 1. The minimum absolute atomic E-state index is 0.285. The lowest BCUT2D eigenvalue weighted by Gasteiger charge is -2.32. The van der Waals surface area contributed by atoms with Crippen molar-refractivity contribution in [3.63, 3.8) is 0 Å². The van der Waals surface area contributed by atoms with E-state index >= 15 is 0 Å². The fourth-order valence-electron chi connectivity index (χ4n) is 2.77. The second-order valence-corrected chi connectivity index (χ2v) is 6.54. The van der Waals surface area contributed by atoms with Crippen LogP contribution in [0.3, 0.4) is 0 Å². The number of nitrogens with zero attached hydrogens (tertiary/aromatic N) is 2. The van der Waals surface area contributed by atoms with Gasteiger partial charge in [-0.3, -0.25) is 9.69 Å². The number of piperidine rings is 1. The number of hydrogen-bond donors (Lipinski definition) is 1. The molecule has 4 nitrogen and oxygen atoms in total. The average molecular weight is 331 g/mol. The van der Waals surface area contributed by atoms with Crippen LogP contribution in [0.4, 0.5) is 5.69 Å². The molecule has 1 unspecified atom stereocenters. The molecule has 1 heterocycles. The van der Waals surface area contributed by atoms with Gasteiger partial charge in [-0.15, -0.1) is 0 Å². The summed E-state index contributed by atoms with van der Waals surface area (Å²) >= 11 is 12.4. The van der Waals surface area contributed by atoms with Crippen molar-refractivity contribution in [3.8, 4) is 0 Å². The molecule has 0 amide bonds. The highest BCUT2D eigenvalue weighted by Gasteiger charge is 2.26. The third-order valence-corrected chi connectivity index (χ3v) is 4.41. The predicted molar refractivity (Wildman–Crippen MR) is 86.4 cm³/mol. The molecule has 21 heavy (non-hydrogen) atoms. The summed E-state index contributed by atoms with van der Waals surface area (Å²) in [5.74, 6) is -0.998. The van der Waals surface area contributed by atoms with Gasteiger partial charge in [-0.2, -0.15) is 0 Å². The van der Waals surface area contributed by atoms with Crippen LogP contribution in [0, 0.1) is 5.92 Å². The number of benzene rings is 1. The lowest BCUT2D eigenvalue weighted by molar-refractivity contribution is -0.143. The summed E-state index contributed by atoms with van der Waals surface area (Å²) in [6.45, 7) is 2.12. The molecule has 1 atom stereocenters. The Bertz CT molecular complexity index is 535. The van der Waals surface area contributed by atoms with Crippen LogP contribution in [0.5, 0.6) is 0 Å². The van der Waals surface area contributed by atoms with E-state index in [-0.39, 0.29) is 5.92 Å². The zero-order valence-electron chi connectivity index (χ0n) is 12.3. The summed E-state index contributed by atoms with van der Waals surface area (Å²) in [5.41, 5.74) is 1.97. The smallest absolute Gasteiger partial charge is 0.307 e. The second-order valence-electron chi connectivity index (χ2n) is 5.69. The Morgan fingerprint density at radius 2 is 2.14 bits per heavy atom. The summed E-state index contributed by atoms with van der Waals surface area (Å²) in [7, 11) is 3.89. The molecule has 1 N–H and O–H groups in total. The average Bonchev–Trinajstić information content (AvgIpc) is 2.41. The highest BCUT2D eigenvalue weighted by atomic mass is 35.5. The van der Waals surface area contributed by atoms with Crippen LogP contribution < -0.4 is 4.90 Å². The number of hydrogen-bond acceptors (Lipinski definition) is 3. The molecule has 0 bridgehead atoms. The molecule has 116 valence electrons. The van der Waals surface area contributed by atoms with Gasteiger partial charge >= 0.3 is 5.97 Å². The third-order valence-electron chi connectivity index (χ3n) is 3.85. The molecule has 1 aliphatic heterocycles. The van der Waals surface area contributed by atoms with E-state index in [1.54, 1.807) is 6.07 Å². The van der Waals surface area contributed by atoms with Gasteiger partial charge in [0.25, 0.3) is 0 Å². The number of rotatable bonds is 4. The van der Waals surface area contributed by atoms with Crippen LogP contribution in [0.2, 0.25) is 10.0 Å². The quantitative estimate of drug-likeness (QED) is 0.919. The Hall–Kier alpha value is -0.970. The molecule has 2 rings (SSSR count). The summed E-state index contributed by atoms with van der Waals surface area (Å²) in [5, 5.41) is 10.4. The zero-order chi connectivity index (χ0) is 15.6. The van der Waals surface area contributed by atoms with E-state index in [4.69, 9.17) is 23.2 Å². The maximum Gasteiger partial charge on any atom is 0.307 e. The number of halogens is 2. The molecular weight excluding hydrogens is 311 g/mol. The largest absolute Gasteiger partial charge is 0.481 e. The van der Waals surface area contributed by atoms with Crippen LogP contribution in [0.1, 0.15) is 18.4 Å². The van der Waals surface area contributed by atoms with Crippen molar-refractivity contribution < 1.29 is 9.90 Å². The van der Waals surface area contributed by atoms with Crippen molar-refractivity contribution in [3.05, 3.63) is 27.7 Å². The van der Waals surface area contributed by atoms with Gasteiger partial charge in [-0.25, -0.2) is 0 Å². The van der Waals surface area contributed by atoms with Gasteiger partial charge in [0.05, 0.1) is 5.92 Å². The monoisotopic (exact) mass is 330 g/mol. The molecule has 1 aromatic rings.